The lowest BCUT2D eigenvalue weighted by Crippen LogP contribution is -2.38. The smallest absolute Gasteiger partial charge is 0.413 e. The van der Waals surface area contributed by atoms with Gasteiger partial charge in [0, 0.05) is 17.7 Å². The molecular formula is C41H50N5O9P. The molecule has 1 fully saturated rings. The van der Waals surface area contributed by atoms with Gasteiger partial charge in [0.1, 0.15) is 35.8 Å². The Balaban J connectivity index is 0.00000143. The number of anilines is 1. The Bertz CT molecular complexity index is 1970. The van der Waals surface area contributed by atoms with Crippen molar-refractivity contribution in [1.82, 2.24) is 9.55 Å². The molecule has 2 aliphatic rings. The van der Waals surface area contributed by atoms with Gasteiger partial charge in [0.2, 0.25) is 8.53 Å². The van der Waals surface area contributed by atoms with Crippen molar-refractivity contribution in [2.75, 3.05) is 26.1 Å². The van der Waals surface area contributed by atoms with Gasteiger partial charge >= 0.3 is 11.8 Å². The van der Waals surface area contributed by atoms with E-state index < -0.39 is 44.2 Å². The van der Waals surface area contributed by atoms with Crippen molar-refractivity contribution in [1.29, 1.82) is 5.26 Å². The molecule has 0 saturated carbocycles. The van der Waals surface area contributed by atoms with Crippen LogP contribution in [-0.4, -0.2) is 52.4 Å². The number of carbonyl (C=O) groups excluding carboxylic acids is 1. The summed E-state index contributed by atoms with van der Waals surface area (Å²) in [6, 6.07) is 28.2. The Labute approximate surface area is 328 Å². The minimum atomic E-state index is -2.12. The number of aromatic nitrogens is 2. The maximum Gasteiger partial charge on any atom is 0.413 e. The predicted octanol–water partition coefficient (Wildman–Crippen LogP) is 6.60. The Morgan fingerprint density at radius 1 is 0.982 bits per heavy atom. The average molecular weight is 788 g/mol. The number of ether oxygens (including phenoxy) is 5. The SMILES string of the molecule is COc1ccc(C(OCC2O[C@@H](n3cc4c(nc3=O)NC(=O)OC4)C[C@H]2[C@H](C#N)CC(C)(C)C(C)C)(c2ccccc2)c2ccc(OC)cc2)cc1.NP(O)O. The number of nitrogens with one attached hydrogen (secondary N) is 1. The zero-order valence-electron chi connectivity index (χ0n) is 32.4. The molecule has 0 spiro atoms. The van der Waals surface area contributed by atoms with Gasteiger partial charge in [-0.25, -0.2) is 9.59 Å². The summed E-state index contributed by atoms with van der Waals surface area (Å²) in [4.78, 5) is 44.2. The molecule has 0 bridgehead atoms. The zero-order valence-corrected chi connectivity index (χ0v) is 33.3. The Morgan fingerprint density at radius 2 is 1.54 bits per heavy atom. The number of nitrogens with zero attached hydrogens (tertiary/aromatic N) is 3. The van der Waals surface area contributed by atoms with Gasteiger partial charge in [-0.2, -0.15) is 10.2 Å². The van der Waals surface area contributed by atoms with Gasteiger partial charge in [-0.15, -0.1) is 0 Å². The van der Waals surface area contributed by atoms with Crippen molar-refractivity contribution in [2.24, 2.45) is 28.7 Å². The first-order valence-electron chi connectivity index (χ1n) is 18.2. The van der Waals surface area contributed by atoms with E-state index in [0.717, 1.165) is 16.7 Å². The number of cyclic esters (lactones) is 1. The molecule has 1 aromatic heterocycles. The largest absolute Gasteiger partial charge is 0.497 e. The highest BCUT2D eigenvalue weighted by molar-refractivity contribution is 7.42. The molecule has 3 aromatic carbocycles. The number of amides is 1. The number of rotatable bonds is 13. The zero-order chi connectivity index (χ0) is 40.6. The van der Waals surface area contributed by atoms with Gasteiger partial charge in [-0.3, -0.25) is 15.4 Å². The highest BCUT2D eigenvalue weighted by Gasteiger charge is 2.46. The minimum absolute atomic E-state index is 0.0240. The van der Waals surface area contributed by atoms with Crippen LogP contribution in [0.5, 0.6) is 11.5 Å². The summed E-state index contributed by atoms with van der Waals surface area (Å²) >= 11 is 0. The second-order valence-electron chi connectivity index (χ2n) is 14.8. The van der Waals surface area contributed by atoms with E-state index in [1.165, 1.54) is 4.57 Å². The van der Waals surface area contributed by atoms with Gasteiger partial charge in [0.05, 0.1) is 38.9 Å². The summed E-state index contributed by atoms with van der Waals surface area (Å²) in [6.45, 7) is 8.77. The number of hydrogen-bond acceptors (Lipinski definition) is 12. The second-order valence-corrected chi connectivity index (χ2v) is 15.4. The molecule has 4 aromatic rings. The fourth-order valence-corrected chi connectivity index (χ4v) is 7.09. The maximum absolute atomic E-state index is 13.4. The van der Waals surface area contributed by atoms with Crippen molar-refractivity contribution in [3.05, 3.63) is 118 Å². The molecule has 1 saturated heterocycles. The highest BCUT2D eigenvalue weighted by Crippen LogP contribution is 2.46. The van der Waals surface area contributed by atoms with Crippen molar-refractivity contribution in [2.45, 2.75) is 65.1 Å². The number of benzene rings is 3. The lowest BCUT2D eigenvalue weighted by atomic mass is 9.70. The number of carbonyl (C=O) groups is 1. The summed E-state index contributed by atoms with van der Waals surface area (Å²) in [5, 5.41) is 13.2. The van der Waals surface area contributed by atoms with E-state index in [0.29, 0.717) is 35.8 Å². The Hall–Kier alpha value is -4.87. The van der Waals surface area contributed by atoms with Crippen LogP contribution >= 0.6 is 8.53 Å². The third-order valence-electron chi connectivity index (χ3n) is 10.8. The van der Waals surface area contributed by atoms with Crippen LogP contribution < -0.4 is 26.0 Å². The van der Waals surface area contributed by atoms with Gasteiger partial charge in [-0.1, -0.05) is 82.3 Å². The van der Waals surface area contributed by atoms with E-state index in [-0.39, 0.29) is 30.4 Å². The molecule has 1 amide bonds. The van der Waals surface area contributed by atoms with Crippen LogP contribution in [0.2, 0.25) is 0 Å². The summed E-state index contributed by atoms with van der Waals surface area (Å²) in [6.07, 6.45) is 0.682. The van der Waals surface area contributed by atoms with Crippen molar-refractivity contribution in [3.63, 3.8) is 0 Å². The molecule has 15 heteroatoms. The molecule has 2 aliphatic heterocycles. The minimum Gasteiger partial charge on any atom is -0.497 e. The first-order valence-corrected chi connectivity index (χ1v) is 19.6. The van der Waals surface area contributed by atoms with E-state index in [1.807, 2.05) is 78.9 Å². The van der Waals surface area contributed by atoms with Crippen molar-refractivity contribution in [3.8, 4) is 17.6 Å². The number of nitrogens with two attached hydrogens (primary N) is 1. The summed E-state index contributed by atoms with van der Waals surface area (Å²) in [7, 11) is 1.14. The lowest BCUT2D eigenvalue weighted by Gasteiger charge is -2.38. The fraction of sp³-hybridized carbons (Fsp3) is 0.415. The predicted molar refractivity (Wildman–Crippen MR) is 210 cm³/mol. The van der Waals surface area contributed by atoms with E-state index in [9.17, 15) is 14.9 Å². The highest BCUT2D eigenvalue weighted by atomic mass is 31.2. The third kappa shape index (κ3) is 9.56. The average Bonchev–Trinajstić information content (AvgIpc) is 3.61. The van der Waals surface area contributed by atoms with Gasteiger partial charge in [-0.05, 0) is 65.1 Å². The van der Waals surface area contributed by atoms with Crippen LogP contribution in [-0.2, 0) is 26.4 Å². The molecule has 14 nitrogen and oxygen atoms in total. The van der Waals surface area contributed by atoms with Crippen LogP contribution in [0.15, 0.2) is 89.9 Å². The topological polar surface area (TPSA) is 200 Å². The fourth-order valence-electron chi connectivity index (χ4n) is 7.09. The van der Waals surface area contributed by atoms with Crippen molar-refractivity contribution < 1.29 is 38.3 Å². The van der Waals surface area contributed by atoms with Gasteiger partial charge < -0.3 is 33.5 Å². The Kier molecular flexibility index (Phi) is 13.9. The number of nitriles is 1. The number of fused-ring (bicyclic) bond motifs is 1. The molecule has 5 N–H and O–H groups in total. The molecule has 56 heavy (non-hydrogen) atoms. The molecule has 298 valence electrons. The third-order valence-corrected chi connectivity index (χ3v) is 10.8. The first kappa shape index (κ1) is 42.3. The van der Waals surface area contributed by atoms with Crippen LogP contribution in [0.1, 0.15) is 69.0 Å². The van der Waals surface area contributed by atoms with Crippen LogP contribution in [0.25, 0.3) is 0 Å². The van der Waals surface area contributed by atoms with E-state index in [1.54, 1.807) is 20.4 Å². The van der Waals surface area contributed by atoms with E-state index in [2.05, 4.69) is 49.6 Å². The van der Waals surface area contributed by atoms with Crippen LogP contribution in [0.4, 0.5) is 10.6 Å². The normalized spacial score (nSPS) is 18.5. The number of methoxy groups -OCH3 is 2. The second kappa shape index (κ2) is 18.4. The Morgan fingerprint density at radius 3 is 2.05 bits per heavy atom. The summed E-state index contributed by atoms with van der Waals surface area (Å²) in [5.74, 6) is 1.24. The molecule has 4 atom stereocenters. The standard InChI is InChI=1S/C41H46N4O7.H4NO2P/c1-26(2)40(3,4)21-27(22-42)34-20-36(45-23-28-24-50-39(47)44-37(28)43-38(45)46)52-35(34)25-51-41(29-10-8-7-9-11-29,30-12-16-32(48-5)17-13-30)31-14-18-33(49-6)19-15-31;1-4(2)3/h7-19,23,26-27,34-36H,20-21,24-25H2,1-6H3,(H,43,44,46,47);2-3H,1H2/t27-,34-,35?,36+;/m0./s1. The molecule has 6 rings (SSSR count). The van der Waals surface area contributed by atoms with Gasteiger partial charge in [0.15, 0.2) is 0 Å². The quantitative estimate of drug-likeness (QED) is 0.0837. The van der Waals surface area contributed by atoms with E-state index in [4.69, 9.17) is 33.5 Å². The molecular weight excluding hydrogens is 737 g/mol. The van der Waals surface area contributed by atoms with Crippen molar-refractivity contribution >= 4 is 20.4 Å². The monoisotopic (exact) mass is 787 g/mol. The van der Waals surface area contributed by atoms with Gasteiger partial charge in [0.25, 0.3) is 0 Å². The van der Waals surface area contributed by atoms with Crippen LogP contribution in [0, 0.1) is 34.5 Å². The lowest BCUT2D eigenvalue weighted by molar-refractivity contribution is -0.0882. The van der Waals surface area contributed by atoms with Crippen LogP contribution in [0.3, 0.4) is 0 Å². The first-order chi connectivity index (χ1) is 26.7. The number of hydrogen-bond donors (Lipinski definition) is 4. The summed E-state index contributed by atoms with van der Waals surface area (Å²) in [5.41, 5.74) is 5.66. The van der Waals surface area contributed by atoms with E-state index >= 15 is 0 Å². The maximum atomic E-state index is 13.4. The molecule has 1 unspecified atom stereocenters. The molecule has 0 radical (unpaired) electrons. The summed E-state index contributed by atoms with van der Waals surface area (Å²) < 4.78 is 31.6. The molecule has 0 aliphatic carbocycles. The molecule has 3 heterocycles.